The Labute approximate surface area is 90.0 Å². The average molecular weight is 256 g/mol. The second-order valence-electron chi connectivity index (χ2n) is 3.06. The number of aryl methyl sites for hydroxylation is 2. The van der Waals surface area contributed by atoms with Gasteiger partial charge in [0.2, 0.25) is 5.88 Å². The van der Waals surface area contributed by atoms with Gasteiger partial charge in [-0.15, -0.1) is 0 Å². The van der Waals surface area contributed by atoms with Gasteiger partial charge in [0.1, 0.15) is 0 Å². The summed E-state index contributed by atoms with van der Waals surface area (Å²) in [6.45, 7) is 1.96. The van der Waals surface area contributed by atoms with Crippen molar-refractivity contribution < 1.29 is 4.74 Å². The molecule has 0 radical (unpaired) electrons. The highest BCUT2D eigenvalue weighted by molar-refractivity contribution is 9.10. The van der Waals surface area contributed by atoms with Gasteiger partial charge < -0.3 is 4.74 Å². The van der Waals surface area contributed by atoms with Gasteiger partial charge >= 0.3 is 0 Å². The Morgan fingerprint density at radius 1 is 1.50 bits per heavy atom. The molecule has 0 amide bonds. The second kappa shape index (κ2) is 3.24. The average Bonchev–Trinajstić information content (AvgIpc) is 2.41. The maximum Gasteiger partial charge on any atom is 0.229 e. The molecule has 5 heteroatoms. The molecule has 0 atom stereocenters. The lowest BCUT2D eigenvalue weighted by Crippen LogP contribution is -1.94. The van der Waals surface area contributed by atoms with Crippen LogP contribution in [0.4, 0.5) is 0 Å². The largest absolute Gasteiger partial charge is 0.480 e. The quantitative estimate of drug-likeness (QED) is 0.783. The van der Waals surface area contributed by atoms with E-state index in [1.165, 1.54) is 0 Å². The zero-order valence-corrected chi connectivity index (χ0v) is 9.79. The van der Waals surface area contributed by atoms with Crippen LogP contribution in [-0.2, 0) is 7.05 Å². The summed E-state index contributed by atoms with van der Waals surface area (Å²) in [6, 6.07) is 1.98. The van der Waals surface area contributed by atoms with Crippen molar-refractivity contribution in [3.05, 3.63) is 16.2 Å². The molecule has 0 fully saturated rings. The van der Waals surface area contributed by atoms with Crippen LogP contribution in [0.15, 0.2) is 10.5 Å². The van der Waals surface area contributed by atoms with Crippen molar-refractivity contribution >= 4 is 27.0 Å². The number of hydrogen-bond donors (Lipinski definition) is 0. The minimum atomic E-state index is 0.584. The number of halogens is 1. The maximum absolute atomic E-state index is 5.12. The van der Waals surface area contributed by atoms with Crippen LogP contribution in [0.25, 0.3) is 11.0 Å². The predicted octanol–water partition coefficient (Wildman–Crippen LogP) is 2.05. The molecule has 0 bridgehead atoms. The van der Waals surface area contributed by atoms with Gasteiger partial charge in [-0.1, -0.05) is 0 Å². The van der Waals surface area contributed by atoms with Gasteiger partial charge in [-0.25, -0.2) is 0 Å². The Morgan fingerprint density at radius 2 is 2.21 bits per heavy atom. The molecule has 0 aromatic carbocycles. The summed E-state index contributed by atoms with van der Waals surface area (Å²) in [5.74, 6) is 0.584. The SMILES string of the molecule is COc1nc2c(cc1Br)c(C)nn2C. The number of fused-ring (bicyclic) bond motifs is 1. The Hall–Kier alpha value is -1.10. The number of ether oxygens (including phenoxy) is 1. The summed E-state index contributed by atoms with van der Waals surface area (Å²) in [4.78, 5) is 4.34. The highest BCUT2D eigenvalue weighted by Crippen LogP contribution is 2.27. The summed E-state index contributed by atoms with van der Waals surface area (Å²) in [7, 11) is 3.47. The van der Waals surface area contributed by atoms with Gasteiger partial charge in [0.05, 0.1) is 17.3 Å². The summed E-state index contributed by atoms with van der Waals surface area (Å²) >= 11 is 3.40. The van der Waals surface area contributed by atoms with E-state index in [0.717, 1.165) is 21.2 Å². The van der Waals surface area contributed by atoms with Gasteiger partial charge in [-0.3, -0.25) is 4.68 Å². The van der Waals surface area contributed by atoms with Crippen LogP contribution in [-0.4, -0.2) is 21.9 Å². The zero-order valence-electron chi connectivity index (χ0n) is 8.21. The number of nitrogens with zero attached hydrogens (tertiary/aromatic N) is 3. The second-order valence-corrected chi connectivity index (χ2v) is 3.91. The third-order valence-corrected chi connectivity index (χ3v) is 2.68. The first-order valence-corrected chi connectivity index (χ1v) is 4.96. The summed E-state index contributed by atoms with van der Waals surface area (Å²) in [5, 5.41) is 5.33. The minimum absolute atomic E-state index is 0.584. The lowest BCUT2D eigenvalue weighted by Gasteiger charge is -2.02. The van der Waals surface area contributed by atoms with Crippen molar-refractivity contribution in [3.8, 4) is 5.88 Å². The van der Waals surface area contributed by atoms with E-state index in [1.54, 1.807) is 11.8 Å². The van der Waals surface area contributed by atoms with Crippen LogP contribution in [0.3, 0.4) is 0 Å². The smallest absolute Gasteiger partial charge is 0.229 e. The van der Waals surface area contributed by atoms with E-state index in [2.05, 4.69) is 26.0 Å². The molecular weight excluding hydrogens is 246 g/mol. The zero-order chi connectivity index (χ0) is 10.3. The lowest BCUT2D eigenvalue weighted by atomic mass is 10.3. The van der Waals surface area contributed by atoms with E-state index in [0.29, 0.717) is 5.88 Å². The standard InChI is InChI=1S/C9H10BrN3O/c1-5-6-4-7(10)9(14-3)11-8(6)13(2)12-5/h4H,1-3H3. The first-order valence-electron chi connectivity index (χ1n) is 4.17. The van der Waals surface area contributed by atoms with E-state index >= 15 is 0 Å². The number of methoxy groups -OCH3 is 1. The molecule has 0 unspecified atom stereocenters. The van der Waals surface area contributed by atoms with Gasteiger partial charge in [-0.05, 0) is 28.9 Å². The highest BCUT2D eigenvalue weighted by atomic mass is 79.9. The topological polar surface area (TPSA) is 39.9 Å². The molecule has 0 aliphatic rings. The summed E-state index contributed by atoms with van der Waals surface area (Å²) in [5.41, 5.74) is 1.81. The molecule has 0 saturated carbocycles. The third kappa shape index (κ3) is 1.28. The molecule has 0 spiro atoms. The molecule has 2 aromatic rings. The van der Waals surface area contributed by atoms with E-state index in [4.69, 9.17) is 4.74 Å². The van der Waals surface area contributed by atoms with Gasteiger partial charge in [0, 0.05) is 12.4 Å². The first kappa shape index (κ1) is 9.45. The van der Waals surface area contributed by atoms with Gasteiger partial charge in [-0.2, -0.15) is 10.1 Å². The third-order valence-electron chi connectivity index (χ3n) is 2.11. The van der Waals surface area contributed by atoms with E-state index in [9.17, 15) is 0 Å². The summed E-state index contributed by atoms with van der Waals surface area (Å²) in [6.07, 6.45) is 0. The molecule has 0 aliphatic carbocycles. The molecule has 74 valence electrons. The molecule has 2 rings (SSSR count). The van der Waals surface area contributed by atoms with Crippen molar-refractivity contribution in [1.82, 2.24) is 14.8 Å². The maximum atomic E-state index is 5.12. The van der Waals surface area contributed by atoms with E-state index in [1.807, 2.05) is 20.0 Å². The van der Waals surface area contributed by atoms with Crippen LogP contribution in [0, 0.1) is 6.92 Å². The van der Waals surface area contributed by atoms with Crippen molar-refractivity contribution in [3.63, 3.8) is 0 Å². The molecule has 0 aliphatic heterocycles. The molecule has 2 aromatic heterocycles. The molecule has 0 saturated heterocycles. The molecule has 4 nitrogen and oxygen atoms in total. The van der Waals surface area contributed by atoms with Crippen molar-refractivity contribution in [2.24, 2.45) is 7.05 Å². The fraction of sp³-hybridized carbons (Fsp3) is 0.333. The molecular formula is C9H10BrN3O. The van der Waals surface area contributed by atoms with Gasteiger partial charge in [0.15, 0.2) is 5.65 Å². The highest BCUT2D eigenvalue weighted by Gasteiger charge is 2.10. The molecule has 0 N–H and O–H groups in total. The number of rotatable bonds is 1. The van der Waals surface area contributed by atoms with Crippen LogP contribution in [0.2, 0.25) is 0 Å². The fourth-order valence-corrected chi connectivity index (χ4v) is 1.92. The van der Waals surface area contributed by atoms with Crippen LogP contribution in [0.5, 0.6) is 5.88 Å². The number of hydrogen-bond acceptors (Lipinski definition) is 3. The van der Waals surface area contributed by atoms with Crippen LogP contribution < -0.4 is 4.74 Å². The Bertz CT molecular complexity index is 492. The van der Waals surface area contributed by atoms with Crippen LogP contribution in [0.1, 0.15) is 5.69 Å². The molecule has 2 heterocycles. The van der Waals surface area contributed by atoms with E-state index < -0.39 is 0 Å². The van der Waals surface area contributed by atoms with Crippen molar-refractivity contribution in [2.45, 2.75) is 6.92 Å². The number of aromatic nitrogens is 3. The van der Waals surface area contributed by atoms with Crippen LogP contribution >= 0.6 is 15.9 Å². The van der Waals surface area contributed by atoms with Gasteiger partial charge in [0.25, 0.3) is 0 Å². The Kier molecular flexibility index (Phi) is 2.19. The van der Waals surface area contributed by atoms with E-state index in [-0.39, 0.29) is 0 Å². The Morgan fingerprint density at radius 3 is 2.86 bits per heavy atom. The summed E-state index contributed by atoms with van der Waals surface area (Å²) < 4.78 is 7.72. The predicted molar refractivity (Wildman–Crippen MR) is 57.5 cm³/mol. The van der Waals surface area contributed by atoms with Crippen molar-refractivity contribution in [1.29, 1.82) is 0 Å². The lowest BCUT2D eigenvalue weighted by molar-refractivity contribution is 0.396. The minimum Gasteiger partial charge on any atom is -0.480 e. The first-order chi connectivity index (χ1) is 6.63. The van der Waals surface area contributed by atoms with Crippen molar-refractivity contribution in [2.75, 3.05) is 7.11 Å². The monoisotopic (exact) mass is 255 g/mol. The fourth-order valence-electron chi connectivity index (χ4n) is 1.45. The normalized spacial score (nSPS) is 10.9. The number of pyridine rings is 1. The molecule has 14 heavy (non-hydrogen) atoms. The Balaban J connectivity index is 2.82.